The van der Waals surface area contributed by atoms with Crippen molar-refractivity contribution in [3.63, 3.8) is 0 Å². The molecular formula is C22H21FN4O. The van der Waals surface area contributed by atoms with Crippen molar-refractivity contribution in [1.82, 2.24) is 19.9 Å². The van der Waals surface area contributed by atoms with Gasteiger partial charge in [-0.2, -0.15) is 0 Å². The number of pyridine rings is 1. The fraction of sp³-hybridized carbons (Fsp3) is 0.273. The topological polar surface area (TPSA) is 59.0 Å². The lowest BCUT2D eigenvalue weighted by molar-refractivity contribution is -0.131. The molecule has 4 rings (SSSR count). The number of carbonyl (C=O) groups excluding carboxylic acids is 1. The summed E-state index contributed by atoms with van der Waals surface area (Å²) in [5, 5.41) is 0. The van der Waals surface area contributed by atoms with Crippen LogP contribution in [0.25, 0.3) is 11.3 Å². The zero-order valence-corrected chi connectivity index (χ0v) is 15.5. The third-order valence-electron chi connectivity index (χ3n) is 5.12. The summed E-state index contributed by atoms with van der Waals surface area (Å²) in [4.78, 5) is 27.6. The average molecular weight is 376 g/mol. The number of hydrogen-bond acceptors (Lipinski definition) is 4. The van der Waals surface area contributed by atoms with E-state index in [1.807, 2.05) is 17.0 Å². The Labute approximate surface area is 163 Å². The molecule has 0 spiro atoms. The van der Waals surface area contributed by atoms with Crippen LogP contribution in [0.15, 0.2) is 61.2 Å². The Kier molecular flexibility index (Phi) is 5.37. The molecule has 5 nitrogen and oxygen atoms in total. The number of benzene rings is 1. The van der Waals surface area contributed by atoms with Gasteiger partial charge in [0.25, 0.3) is 0 Å². The first-order chi connectivity index (χ1) is 13.7. The van der Waals surface area contributed by atoms with E-state index in [9.17, 15) is 9.18 Å². The van der Waals surface area contributed by atoms with Gasteiger partial charge in [0.2, 0.25) is 5.91 Å². The molecule has 1 fully saturated rings. The van der Waals surface area contributed by atoms with E-state index in [1.54, 1.807) is 43.0 Å². The molecule has 142 valence electrons. The van der Waals surface area contributed by atoms with Gasteiger partial charge in [0.15, 0.2) is 0 Å². The van der Waals surface area contributed by atoms with Crippen LogP contribution in [-0.4, -0.2) is 38.8 Å². The molecule has 0 radical (unpaired) electrons. The Morgan fingerprint density at radius 1 is 1.07 bits per heavy atom. The van der Waals surface area contributed by atoms with E-state index >= 15 is 0 Å². The zero-order chi connectivity index (χ0) is 19.3. The number of halogens is 1. The minimum absolute atomic E-state index is 0.0402. The lowest BCUT2D eigenvalue weighted by atomic mass is 9.91. The van der Waals surface area contributed by atoms with Gasteiger partial charge in [0.05, 0.1) is 17.8 Å². The standard InChI is InChI=1S/C22H21FN4O/c23-19-6-2-1-5-18(19)22-21(25-11-12-26-22)17-4-3-13-27(15-17)20(28)14-16-7-9-24-10-8-16/h1-2,5-12,17H,3-4,13-15H2/t17-/m1/s1. The molecule has 0 N–H and O–H groups in total. The Morgan fingerprint density at radius 3 is 2.68 bits per heavy atom. The van der Waals surface area contributed by atoms with E-state index in [4.69, 9.17) is 0 Å². The third-order valence-corrected chi connectivity index (χ3v) is 5.12. The second kappa shape index (κ2) is 8.25. The van der Waals surface area contributed by atoms with Crippen molar-refractivity contribution < 1.29 is 9.18 Å². The van der Waals surface area contributed by atoms with Crippen LogP contribution in [0.2, 0.25) is 0 Å². The maximum Gasteiger partial charge on any atom is 0.227 e. The summed E-state index contributed by atoms with van der Waals surface area (Å²) in [5.41, 5.74) is 2.72. The second-order valence-corrected chi connectivity index (χ2v) is 6.98. The molecule has 6 heteroatoms. The second-order valence-electron chi connectivity index (χ2n) is 6.98. The molecule has 0 bridgehead atoms. The first-order valence-electron chi connectivity index (χ1n) is 9.45. The van der Waals surface area contributed by atoms with E-state index in [1.165, 1.54) is 6.07 Å². The van der Waals surface area contributed by atoms with Crippen molar-refractivity contribution in [3.05, 3.63) is 78.3 Å². The number of aromatic nitrogens is 3. The number of rotatable bonds is 4. The molecule has 1 saturated heterocycles. The van der Waals surface area contributed by atoms with Gasteiger partial charge in [-0.3, -0.25) is 19.7 Å². The van der Waals surface area contributed by atoms with Gasteiger partial charge in [-0.1, -0.05) is 12.1 Å². The molecule has 1 aliphatic heterocycles. The summed E-state index contributed by atoms with van der Waals surface area (Å²) in [6.45, 7) is 1.31. The third kappa shape index (κ3) is 3.91. The Balaban J connectivity index is 1.56. The summed E-state index contributed by atoms with van der Waals surface area (Å²) in [6, 6.07) is 10.3. The largest absolute Gasteiger partial charge is 0.342 e. The SMILES string of the molecule is O=C(Cc1ccncc1)N1CCC[C@@H](c2nccnc2-c2ccccc2F)C1. The average Bonchev–Trinajstić information content (AvgIpc) is 2.75. The molecule has 0 unspecified atom stereocenters. The molecule has 1 atom stereocenters. The molecule has 2 aromatic heterocycles. The minimum Gasteiger partial charge on any atom is -0.342 e. The predicted octanol–water partition coefficient (Wildman–Crippen LogP) is 3.63. The molecule has 0 saturated carbocycles. The molecular weight excluding hydrogens is 355 g/mol. The van der Waals surface area contributed by atoms with Gasteiger partial charge in [-0.25, -0.2) is 4.39 Å². The molecule has 3 heterocycles. The highest BCUT2D eigenvalue weighted by Crippen LogP contribution is 2.32. The fourth-order valence-electron chi connectivity index (χ4n) is 3.72. The van der Waals surface area contributed by atoms with Crippen molar-refractivity contribution in [1.29, 1.82) is 0 Å². The van der Waals surface area contributed by atoms with Crippen LogP contribution >= 0.6 is 0 Å². The van der Waals surface area contributed by atoms with E-state index < -0.39 is 0 Å². The van der Waals surface area contributed by atoms with Crippen LogP contribution in [0.5, 0.6) is 0 Å². The van der Waals surface area contributed by atoms with Crippen molar-refractivity contribution >= 4 is 5.91 Å². The molecule has 0 aliphatic carbocycles. The van der Waals surface area contributed by atoms with Gasteiger partial charge in [0, 0.05) is 49.4 Å². The van der Waals surface area contributed by atoms with E-state index in [-0.39, 0.29) is 17.6 Å². The summed E-state index contributed by atoms with van der Waals surface area (Å²) in [7, 11) is 0. The van der Waals surface area contributed by atoms with Crippen LogP contribution in [0.4, 0.5) is 4.39 Å². The van der Waals surface area contributed by atoms with Gasteiger partial charge in [-0.15, -0.1) is 0 Å². The van der Waals surface area contributed by atoms with E-state index in [0.717, 1.165) is 30.6 Å². The molecule has 28 heavy (non-hydrogen) atoms. The maximum absolute atomic E-state index is 14.3. The van der Waals surface area contributed by atoms with E-state index in [2.05, 4.69) is 15.0 Å². The highest BCUT2D eigenvalue weighted by molar-refractivity contribution is 5.79. The highest BCUT2D eigenvalue weighted by Gasteiger charge is 2.28. The van der Waals surface area contributed by atoms with Gasteiger partial charge >= 0.3 is 0 Å². The molecule has 1 aliphatic rings. The first-order valence-corrected chi connectivity index (χ1v) is 9.45. The van der Waals surface area contributed by atoms with Crippen LogP contribution in [0, 0.1) is 5.82 Å². The molecule has 1 aromatic carbocycles. The first kappa shape index (κ1) is 18.2. The number of nitrogens with zero attached hydrogens (tertiary/aromatic N) is 4. The van der Waals surface area contributed by atoms with E-state index in [0.29, 0.717) is 24.2 Å². The predicted molar refractivity (Wildman–Crippen MR) is 104 cm³/mol. The van der Waals surface area contributed by atoms with Crippen molar-refractivity contribution in [2.45, 2.75) is 25.2 Å². The molecule has 3 aromatic rings. The van der Waals surface area contributed by atoms with Crippen molar-refractivity contribution in [2.75, 3.05) is 13.1 Å². The van der Waals surface area contributed by atoms with Crippen LogP contribution in [0.1, 0.15) is 30.0 Å². The Morgan fingerprint density at radius 2 is 1.86 bits per heavy atom. The number of hydrogen-bond donors (Lipinski definition) is 0. The lowest BCUT2D eigenvalue weighted by Crippen LogP contribution is -2.40. The zero-order valence-electron chi connectivity index (χ0n) is 15.5. The highest BCUT2D eigenvalue weighted by atomic mass is 19.1. The number of piperidine rings is 1. The summed E-state index contributed by atoms with van der Waals surface area (Å²) in [5.74, 6) is -0.184. The monoisotopic (exact) mass is 376 g/mol. The minimum atomic E-state index is -0.314. The van der Waals surface area contributed by atoms with Crippen molar-refractivity contribution in [2.24, 2.45) is 0 Å². The summed E-state index contributed by atoms with van der Waals surface area (Å²) in [6.07, 6.45) is 8.76. The quantitative estimate of drug-likeness (QED) is 0.698. The number of carbonyl (C=O) groups is 1. The Bertz CT molecular complexity index is 964. The lowest BCUT2D eigenvalue weighted by Gasteiger charge is -2.33. The number of likely N-dealkylation sites (tertiary alicyclic amines) is 1. The molecule has 1 amide bonds. The van der Waals surface area contributed by atoms with Gasteiger partial charge < -0.3 is 4.90 Å². The maximum atomic E-state index is 14.3. The summed E-state index contributed by atoms with van der Waals surface area (Å²) < 4.78 is 14.3. The van der Waals surface area contributed by atoms with Crippen molar-refractivity contribution in [3.8, 4) is 11.3 Å². The normalized spacial score (nSPS) is 16.8. The fourth-order valence-corrected chi connectivity index (χ4v) is 3.72. The summed E-state index contributed by atoms with van der Waals surface area (Å²) >= 11 is 0. The van der Waals surface area contributed by atoms with Crippen LogP contribution in [-0.2, 0) is 11.2 Å². The van der Waals surface area contributed by atoms with Crippen LogP contribution in [0.3, 0.4) is 0 Å². The van der Waals surface area contributed by atoms with Gasteiger partial charge in [0.1, 0.15) is 5.82 Å². The van der Waals surface area contributed by atoms with Crippen LogP contribution < -0.4 is 0 Å². The van der Waals surface area contributed by atoms with Gasteiger partial charge in [-0.05, 0) is 42.7 Å². The Hall–Kier alpha value is -3.15. The number of amides is 1. The smallest absolute Gasteiger partial charge is 0.227 e.